The summed E-state index contributed by atoms with van der Waals surface area (Å²) in [6.07, 6.45) is 1.38. The maximum Gasteiger partial charge on any atom is 0.0714 e. The summed E-state index contributed by atoms with van der Waals surface area (Å²) in [5.41, 5.74) is 5.60. The van der Waals surface area contributed by atoms with Gasteiger partial charge in [-0.05, 0) is 13.0 Å². The predicted molar refractivity (Wildman–Crippen MR) is 73.4 cm³/mol. The molecule has 16 heavy (non-hydrogen) atoms. The third-order valence-corrected chi connectivity index (χ3v) is 5.65. The molecule has 1 atom stereocenters. The van der Waals surface area contributed by atoms with E-state index in [1.807, 2.05) is 0 Å². The van der Waals surface area contributed by atoms with Gasteiger partial charge in [-0.1, -0.05) is 0 Å². The molecule has 94 valence electrons. The van der Waals surface area contributed by atoms with E-state index < -0.39 is 0 Å². The van der Waals surface area contributed by atoms with Gasteiger partial charge in [-0.25, -0.2) is 0 Å². The van der Waals surface area contributed by atoms with Crippen LogP contribution < -0.4 is 5.73 Å². The molecule has 2 rings (SSSR count). The van der Waals surface area contributed by atoms with Crippen LogP contribution in [0.4, 0.5) is 0 Å². The van der Waals surface area contributed by atoms with E-state index in [1.54, 1.807) is 0 Å². The fourth-order valence-electron chi connectivity index (χ4n) is 2.25. The van der Waals surface area contributed by atoms with Crippen molar-refractivity contribution in [2.75, 3.05) is 49.3 Å². The number of morpholine rings is 1. The van der Waals surface area contributed by atoms with Gasteiger partial charge in [0.05, 0.1) is 12.7 Å². The Hall–Kier alpha value is 0.580. The fraction of sp³-hybridized carbons (Fsp3) is 1.00. The van der Waals surface area contributed by atoms with Crippen LogP contribution in [0.25, 0.3) is 0 Å². The molecule has 0 aromatic heterocycles. The maximum atomic E-state index is 5.74. The van der Waals surface area contributed by atoms with Crippen LogP contribution in [-0.4, -0.2) is 66.3 Å². The van der Waals surface area contributed by atoms with Gasteiger partial charge >= 0.3 is 0 Å². The Kier molecular flexibility index (Phi) is 5.79. The minimum absolute atomic E-state index is 0.372. The molecule has 0 aromatic rings. The molecule has 0 bridgehead atoms. The van der Waals surface area contributed by atoms with Crippen molar-refractivity contribution >= 4 is 23.5 Å². The molecule has 5 heteroatoms. The number of hydrogen-bond donors (Lipinski definition) is 1. The first-order valence-electron chi connectivity index (χ1n) is 6.11. The SMILES string of the molecule is NCCC1CN(C2CSCCSC2)CCO1. The molecule has 2 saturated heterocycles. The lowest BCUT2D eigenvalue weighted by Gasteiger charge is -2.37. The van der Waals surface area contributed by atoms with Crippen molar-refractivity contribution in [1.82, 2.24) is 4.90 Å². The van der Waals surface area contributed by atoms with E-state index in [4.69, 9.17) is 10.5 Å². The Balaban J connectivity index is 1.82. The molecule has 2 aliphatic heterocycles. The molecule has 0 spiro atoms. The van der Waals surface area contributed by atoms with Crippen LogP contribution in [0.5, 0.6) is 0 Å². The zero-order valence-electron chi connectivity index (χ0n) is 9.77. The normalized spacial score (nSPS) is 30.2. The van der Waals surface area contributed by atoms with Gasteiger partial charge in [-0.3, -0.25) is 4.90 Å². The van der Waals surface area contributed by atoms with E-state index in [1.165, 1.54) is 23.0 Å². The summed E-state index contributed by atoms with van der Waals surface area (Å²) in [7, 11) is 0. The van der Waals surface area contributed by atoms with Crippen molar-refractivity contribution < 1.29 is 4.74 Å². The first-order chi connectivity index (χ1) is 7.90. The minimum atomic E-state index is 0.372. The van der Waals surface area contributed by atoms with Crippen molar-refractivity contribution in [3.05, 3.63) is 0 Å². The Morgan fingerprint density at radius 2 is 2.00 bits per heavy atom. The van der Waals surface area contributed by atoms with Gasteiger partial charge in [0.1, 0.15) is 0 Å². The van der Waals surface area contributed by atoms with Crippen molar-refractivity contribution in [1.29, 1.82) is 0 Å². The lowest BCUT2D eigenvalue weighted by molar-refractivity contribution is -0.0394. The van der Waals surface area contributed by atoms with E-state index in [2.05, 4.69) is 28.4 Å². The van der Waals surface area contributed by atoms with E-state index >= 15 is 0 Å². The van der Waals surface area contributed by atoms with Crippen LogP contribution in [0.3, 0.4) is 0 Å². The number of rotatable bonds is 3. The molecule has 0 aliphatic carbocycles. The predicted octanol–water partition coefficient (Wildman–Crippen LogP) is 0.885. The number of nitrogens with two attached hydrogens (primary N) is 1. The molecular formula is C11H22N2OS2. The van der Waals surface area contributed by atoms with Crippen LogP contribution in [0, 0.1) is 0 Å². The highest BCUT2D eigenvalue weighted by atomic mass is 32.2. The molecule has 2 N–H and O–H groups in total. The molecule has 2 fully saturated rings. The molecule has 2 heterocycles. The van der Waals surface area contributed by atoms with Gasteiger partial charge in [0.25, 0.3) is 0 Å². The van der Waals surface area contributed by atoms with E-state index in [0.717, 1.165) is 38.7 Å². The van der Waals surface area contributed by atoms with E-state index in [-0.39, 0.29) is 0 Å². The van der Waals surface area contributed by atoms with Crippen LogP contribution in [0.2, 0.25) is 0 Å². The zero-order chi connectivity index (χ0) is 11.2. The number of hydrogen-bond acceptors (Lipinski definition) is 5. The molecule has 0 aromatic carbocycles. The van der Waals surface area contributed by atoms with Gasteiger partial charge < -0.3 is 10.5 Å². The van der Waals surface area contributed by atoms with Crippen molar-refractivity contribution in [3.8, 4) is 0 Å². The molecule has 2 aliphatic rings. The summed E-state index contributed by atoms with van der Waals surface area (Å²) in [5, 5.41) is 0. The topological polar surface area (TPSA) is 38.5 Å². The highest BCUT2D eigenvalue weighted by Gasteiger charge is 2.26. The Morgan fingerprint density at radius 1 is 1.25 bits per heavy atom. The summed E-state index contributed by atoms with van der Waals surface area (Å²) < 4.78 is 5.74. The monoisotopic (exact) mass is 262 g/mol. The highest BCUT2D eigenvalue weighted by Crippen LogP contribution is 2.22. The fourth-order valence-corrected chi connectivity index (χ4v) is 4.88. The summed E-state index contributed by atoms with van der Waals surface area (Å²) >= 11 is 4.21. The third-order valence-electron chi connectivity index (χ3n) is 3.17. The second-order valence-electron chi connectivity index (χ2n) is 4.37. The summed E-state index contributed by atoms with van der Waals surface area (Å²) in [6.45, 7) is 3.82. The van der Waals surface area contributed by atoms with Gasteiger partial charge in [-0.2, -0.15) is 23.5 Å². The van der Waals surface area contributed by atoms with Gasteiger partial charge in [0.2, 0.25) is 0 Å². The highest BCUT2D eigenvalue weighted by molar-refractivity contribution is 8.03. The quantitative estimate of drug-likeness (QED) is 0.817. The minimum Gasteiger partial charge on any atom is -0.376 e. The molecular weight excluding hydrogens is 240 g/mol. The second kappa shape index (κ2) is 7.11. The van der Waals surface area contributed by atoms with Crippen molar-refractivity contribution in [2.24, 2.45) is 5.73 Å². The zero-order valence-corrected chi connectivity index (χ0v) is 11.4. The Morgan fingerprint density at radius 3 is 2.69 bits per heavy atom. The average Bonchev–Trinajstić information content (AvgIpc) is 2.58. The van der Waals surface area contributed by atoms with Crippen LogP contribution in [-0.2, 0) is 4.74 Å². The van der Waals surface area contributed by atoms with Gasteiger partial charge in [0, 0.05) is 42.1 Å². The lowest BCUT2D eigenvalue weighted by atomic mass is 10.2. The smallest absolute Gasteiger partial charge is 0.0714 e. The first kappa shape index (κ1) is 13.0. The Labute approximate surface area is 107 Å². The molecule has 0 amide bonds. The van der Waals surface area contributed by atoms with Crippen LogP contribution >= 0.6 is 23.5 Å². The number of nitrogens with zero attached hydrogens (tertiary/aromatic N) is 1. The summed E-state index contributed by atoms with van der Waals surface area (Å²) in [6, 6.07) is 0.752. The van der Waals surface area contributed by atoms with Crippen molar-refractivity contribution in [3.63, 3.8) is 0 Å². The molecule has 0 saturated carbocycles. The van der Waals surface area contributed by atoms with Crippen molar-refractivity contribution in [2.45, 2.75) is 18.6 Å². The standard InChI is InChI=1S/C11H22N2OS2/c12-2-1-11-7-13(3-4-14-11)10-8-15-5-6-16-9-10/h10-11H,1-9,12H2. The van der Waals surface area contributed by atoms with Gasteiger partial charge in [-0.15, -0.1) is 0 Å². The van der Waals surface area contributed by atoms with Gasteiger partial charge in [0.15, 0.2) is 0 Å². The van der Waals surface area contributed by atoms with E-state index in [9.17, 15) is 0 Å². The summed E-state index contributed by atoms with van der Waals surface area (Å²) in [5.74, 6) is 5.22. The first-order valence-corrected chi connectivity index (χ1v) is 8.42. The summed E-state index contributed by atoms with van der Waals surface area (Å²) in [4.78, 5) is 2.62. The molecule has 1 unspecified atom stereocenters. The number of ether oxygens (including phenoxy) is 1. The molecule has 3 nitrogen and oxygen atoms in total. The second-order valence-corrected chi connectivity index (χ2v) is 6.67. The van der Waals surface area contributed by atoms with E-state index in [0.29, 0.717) is 6.10 Å². The Bertz CT molecular complexity index is 196. The third kappa shape index (κ3) is 3.81. The largest absolute Gasteiger partial charge is 0.376 e. The number of thioether (sulfide) groups is 2. The maximum absolute atomic E-state index is 5.74. The lowest BCUT2D eigenvalue weighted by Crippen LogP contribution is -2.49. The van der Waals surface area contributed by atoms with Crippen LogP contribution in [0.15, 0.2) is 0 Å². The van der Waals surface area contributed by atoms with Crippen LogP contribution in [0.1, 0.15) is 6.42 Å². The average molecular weight is 262 g/mol. The molecule has 0 radical (unpaired) electrons.